The zero-order valence-electron chi connectivity index (χ0n) is 11.8. The van der Waals surface area contributed by atoms with Gasteiger partial charge in [0, 0.05) is 6.04 Å². The minimum Gasteiger partial charge on any atom is -0.310 e. The number of benzene rings is 2. The molecule has 0 aromatic heterocycles. The van der Waals surface area contributed by atoms with E-state index >= 15 is 0 Å². The van der Waals surface area contributed by atoms with Crippen molar-refractivity contribution in [3.63, 3.8) is 0 Å². The van der Waals surface area contributed by atoms with Crippen LogP contribution in [0.2, 0.25) is 0 Å². The van der Waals surface area contributed by atoms with Crippen LogP contribution in [-0.4, -0.2) is 6.54 Å². The average molecular weight is 275 g/mol. The molecule has 3 heteroatoms. The quantitative estimate of drug-likeness (QED) is 0.863. The summed E-state index contributed by atoms with van der Waals surface area (Å²) < 4.78 is 26.5. The van der Waals surface area contributed by atoms with E-state index in [4.69, 9.17) is 0 Å². The lowest BCUT2D eigenvalue weighted by Crippen LogP contribution is -2.23. The van der Waals surface area contributed by atoms with E-state index in [0.717, 1.165) is 23.2 Å². The van der Waals surface area contributed by atoms with Crippen LogP contribution in [-0.2, 0) is 6.42 Å². The van der Waals surface area contributed by atoms with Gasteiger partial charge in [0.05, 0.1) is 0 Å². The van der Waals surface area contributed by atoms with Gasteiger partial charge in [0.25, 0.3) is 0 Å². The van der Waals surface area contributed by atoms with Gasteiger partial charge < -0.3 is 5.32 Å². The molecule has 0 heterocycles. The van der Waals surface area contributed by atoms with Crippen molar-refractivity contribution in [2.75, 3.05) is 6.54 Å². The van der Waals surface area contributed by atoms with E-state index in [1.54, 1.807) is 18.2 Å². The zero-order chi connectivity index (χ0) is 14.5. The van der Waals surface area contributed by atoms with Gasteiger partial charge in [0.2, 0.25) is 0 Å². The number of rotatable bonds is 5. The second kappa shape index (κ2) is 6.62. The molecule has 1 atom stereocenters. The summed E-state index contributed by atoms with van der Waals surface area (Å²) in [5, 5.41) is 3.38. The molecule has 2 rings (SSSR count). The van der Waals surface area contributed by atoms with Gasteiger partial charge >= 0.3 is 0 Å². The second-order valence-corrected chi connectivity index (χ2v) is 4.95. The summed E-state index contributed by atoms with van der Waals surface area (Å²) in [7, 11) is 0. The summed E-state index contributed by atoms with van der Waals surface area (Å²) in [4.78, 5) is 0. The first-order chi connectivity index (χ1) is 9.60. The Kier molecular flexibility index (Phi) is 4.85. The van der Waals surface area contributed by atoms with Crippen molar-refractivity contribution in [1.82, 2.24) is 5.32 Å². The van der Waals surface area contributed by atoms with Gasteiger partial charge in [-0.15, -0.1) is 0 Å². The maximum Gasteiger partial charge on any atom is 0.123 e. The predicted molar refractivity (Wildman–Crippen MR) is 77.7 cm³/mol. The monoisotopic (exact) mass is 275 g/mol. The maximum atomic E-state index is 13.3. The Labute approximate surface area is 118 Å². The van der Waals surface area contributed by atoms with Crippen molar-refractivity contribution < 1.29 is 8.78 Å². The lowest BCUT2D eigenvalue weighted by molar-refractivity contribution is 0.542. The fraction of sp³-hybridized carbons (Fsp3) is 0.294. The van der Waals surface area contributed by atoms with Crippen LogP contribution >= 0.6 is 0 Å². The number of aryl methyl sites for hydroxylation is 1. The smallest absolute Gasteiger partial charge is 0.123 e. The van der Waals surface area contributed by atoms with Crippen molar-refractivity contribution in [3.05, 3.63) is 70.8 Å². The highest BCUT2D eigenvalue weighted by atomic mass is 19.1. The van der Waals surface area contributed by atoms with Crippen LogP contribution in [0.4, 0.5) is 8.78 Å². The Bertz CT molecular complexity index is 581. The minimum atomic E-state index is -0.229. The van der Waals surface area contributed by atoms with Gasteiger partial charge in [-0.3, -0.25) is 0 Å². The Hall–Kier alpha value is -1.74. The first-order valence-corrected chi connectivity index (χ1v) is 6.84. The van der Waals surface area contributed by atoms with Crippen LogP contribution in [0.1, 0.15) is 29.7 Å². The van der Waals surface area contributed by atoms with E-state index in [2.05, 4.69) is 5.32 Å². The highest BCUT2D eigenvalue weighted by molar-refractivity contribution is 5.31. The van der Waals surface area contributed by atoms with Crippen molar-refractivity contribution in [2.24, 2.45) is 0 Å². The van der Waals surface area contributed by atoms with Gasteiger partial charge in [0.1, 0.15) is 11.6 Å². The molecular weight excluding hydrogens is 256 g/mol. The lowest BCUT2D eigenvalue weighted by Gasteiger charge is -2.20. The standard InChI is InChI=1S/C17H19F2N/c1-3-20-17(11-13-5-4-6-14(18)10-13)16-8-7-15(19)9-12(16)2/h4-10,17,20H,3,11H2,1-2H3. The number of halogens is 2. The number of likely N-dealkylation sites (N-methyl/N-ethyl adjacent to an activating group) is 1. The Balaban J connectivity index is 2.26. The molecular formula is C17H19F2N. The van der Waals surface area contributed by atoms with E-state index in [-0.39, 0.29) is 17.7 Å². The fourth-order valence-corrected chi connectivity index (χ4v) is 2.47. The summed E-state index contributed by atoms with van der Waals surface area (Å²) >= 11 is 0. The van der Waals surface area contributed by atoms with Gasteiger partial charge in [0.15, 0.2) is 0 Å². The fourth-order valence-electron chi connectivity index (χ4n) is 2.47. The molecule has 2 aromatic carbocycles. The van der Waals surface area contributed by atoms with Gasteiger partial charge in [-0.2, -0.15) is 0 Å². The van der Waals surface area contributed by atoms with E-state index in [1.807, 2.05) is 19.9 Å². The molecule has 0 radical (unpaired) electrons. The largest absolute Gasteiger partial charge is 0.310 e. The van der Waals surface area contributed by atoms with Crippen LogP contribution in [0.25, 0.3) is 0 Å². The SMILES string of the molecule is CCNC(Cc1cccc(F)c1)c1ccc(F)cc1C. The van der Waals surface area contributed by atoms with E-state index in [1.165, 1.54) is 18.2 Å². The van der Waals surface area contributed by atoms with Gasteiger partial charge in [-0.25, -0.2) is 8.78 Å². The summed E-state index contributed by atoms with van der Waals surface area (Å²) in [6.45, 7) is 4.72. The molecule has 0 spiro atoms. The molecule has 1 unspecified atom stereocenters. The molecule has 0 saturated carbocycles. The topological polar surface area (TPSA) is 12.0 Å². The Morgan fingerprint density at radius 2 is 1.80 bits per heavy atom. The molecule has 20 heavy (non-hydrogen) atoms. The third-order valence-corrected chi connectivity index (χ3v) is 3.39. The first kappa shape index (κ1) is 14.7. The first-order valence-electron chi connectivity index (χ1n) is 6.84. The van der Waals surface area contributed by atoms with Crippen LogP contribution in [0.15, 0.2) is 42.5 Å². The summed E-state index contributed by atoms with van der Waals surface area (Å²) in [6, 6.07) is 11.5. The Morgan fingerprint density at radius 1 is 1.05 bits per heavy atom. The van der Waals surface area contributed by atoms with Crippen molar-refractivity contribution in [2.45, 2.75) is 26.3 Å². The molecule has 106 valence electrons. The lowest BCUT2D eigenvalue weighted by atomic mass is 9.95. The van der Waals surface area contributed by atoms with E-state index in [0.29, 0.717) is 6.42 Å². The third-order valence-electron chi connectivity index (χ3n) is 3.39. The molecule has 0 fully saturated rings. The van der Waals surface area contributed by atoms with Crippen molar-refractivity contribution >= 4 is 0 Å². The molecule has 1 nitrogen and oxygen atoms in total. The highest BCUT2D eigenvalue weighted by Gasteiger charge is 2.14. The second-order valence-electron chi connectivity index (χ2n) is 4.95. The molecule has 1 N–H and O–H groups in total. The average Bonchev–Trinajstić information content (AvgIpc) is 2.38. The maximum absolute atomic E-state index is 13.3. The highest BCUT2D eigenvalue weighted by Crippen LogP contribution is 2.23. The number of hydrogen-bond acceptors (Lipinski definition) is 1. The van der Waals surface area contributed by atoms with Gasteiger partial charge in [-0.1, -0.05) is 25.1 Å². The third kappa shape index (κ3) is 3.64. The molecule has 0 bridgehead atoms. The normalized spacial score (nSPS) is 12.4. The molecule has 0 aliphatic carbocycles. The van der Waals surface area contributed by atoms with E-state index in [9.17, 15) is 8.78 Å². The van der Waals surface area contributed by atoms with Gasteiger partial charge in [-0.05, 0) is 60.8 Å². The van der Waals surface area contributed by atoms with Crippen molar-refractivity contribution in [1.29, 1.82) is 0 Å². The predicted octanol–water partition coefficient (Wildman–Crippen LogP) is 4.17. The van der Waals surface area contributed by atoms with Crippen LogP contribution < -0.4 is 5.32 Å². The summed E-state index contributed by atoms with van der Waals surface area (Å²) in [5.74, 6) is -0.458. The summed E-state index contributed by atoms with van der Waals surface area (Å²) in [6.07, 6.45) is 0.679. The Morgan fingerprint density at radius 3 is 2.45 bits per heavy atom. The molecule has 0 aliphatic rings. The van der Waals surface area contributed by atoms with Crippen LogP contribution in [0.3, 0.4) is 0 Å². The van der Waals surface area contributed by atoms with E-state index < -0.39 is 0 Å². The molecule has 2 aromatic rings. The zero-order valence-corrected chi connectivity index (χ0v) is 11.8. The minimum absolute atomic E-state index is 0.0578. The number of hydrogen-bond donors (Lipinski definition) is 1. The molecule has 0 saturated heterocycles. The molecule has 0 amide bonds. The summed E-state index contributed by atoms with van der Waals surface area (Å²) in [5.41, 5.74) is 2.89. The van der Waals surface area contributed by atoms with Crippen LogP contribution in [0.5, 0.6) is 0 Å². The molecule has 0 aliphatic heterocycles. The number of nitrogens with one attached hydrogen (secondary N) is 1. The van der Waals surface area contributed by atoms with Crippen LogP contribution in [0, 0.1) is 18.6 Å². The van der Waals surface area contributed by atoms with Crippen molar-refractivity contribution in [3.8, 4) is 0 Å².